The Morgan fingerprint density at radius 3 is 2.28 bits per heavy atom. The summed E-state index contributed by atoms with van der Waals surface area (Å²) in [7, 11) is -7.00. The van der Waals surface area contributed by atoms with Crippen LogP contribution in [0, 0.1) is 0 Å². The van der Waals surface area contributed by atoms with Crippen LogP contribution in [0.3, 0.4) is 0 Å². The average molecular weight is 459 g/mol. The van der Waals surface area contributed by atoms with E-state index in [1.54, 1.807) is 36.4 Å². The van der Waals surface area contributed by atoms with E-state index >= 15 is 0 Å². The molecule has 0 bridgehead atoms. The van der Waals surface area contributed by atoms with Crippen molar-refractivity contribution in [2.45, 2.75) is 23.5 Å². The first kappa shape index (κ1) is 22.0. The monoisotopic (exact) mass is 458 g/mol. The van der Waals surface area contributed by atoms with Gasteiger partial charge in [-0.05, 0) is 48.7 Å². The van der Waals surface area contributed by atoms with Crippen LogP contribution in [0.15, 0.2) is 53.4 Å². The fraction of sp³-hybridized carbons (Fsp3) is 0.368. The Hall–Kier alpha value is -1.65. The molecule has 10 heteroatoms. The lowest BCUT2D eigenvalue weighted by Crippen LogP contribution is -2.29. The van der Waals surface area contributed by atoms with Crippen molar-refractivity contribution < 1.29 is 21.6 Å². The first-order valence-electron chi connectivity index (χ1n) is 9.22. The Morgan fingerprint density at radius 1 is 0.966 bits per heavy atom. The van der Waals surface area contributed by atoms with E-state index in [9.17, 15) is 16.8 Å². The number of hydrogen-bond acceptors (Lipinski definition) is 5. The Balaban J connectivity index is 1.49. The molecule has 0 saturated carbocycles. The van der Waals surface area contributed by atoms with E-state index in [-0.39, 0.29) is 23.8 Å². The molecule has 158 valence electrons. The van der Waals surface area contributed by atoms with Gasteiger partial charge in [-0.3, -0.25) is 0 Å². The molecule has 0 spiro atoms. The highest BCUT2D eigenvalue weighted by Crippen LogP contribution is 2.23. The quantitative estimate of drug-likeness (QED) is 0.583. The molecule has 0 radical (unpaired) electrons. The minimum atomic E-state index is -3.55. The molecule has 2 aromatic carbocycles. The van der Waals surface area contributed by atoms with Crippen LogP contribution in [0.4, 0.5) is 0 Å². The van der Waals surface area contributed by atoms with Gasteiger partial charge in [0.2, 0.25) is 20.0 Å². The van der Waals surface area contributed by atoms with Crippen LogP contribution < -0.4 is 9.46 Å². The number of halogens is 1. The summed E-state index contributed by atoms with van der Waals surface area (Å²) in [5, 5.41) is 0.401. The van der Waals surface area contributed by atoms with Crippen molar-refractivity contribution in [1.82, 2.24) is 9.03 Å². The summed E-state index contributed by atoms with van der Waals surface area (Å²) in [5.74, 6) is 0.256. The second kappa shape index (κ2) is 9.44. The van der Waals surface area contributed by atoms with Gasteiger partial charge in [-0.2, -0.15) is 4.31 Å². The fourth-order valence-electron chi connectivity index (χ4n) is 3.02. The first-order chi connectivity index (χ1) is 13.8. The molecule has 3 rings (SSSR count). The van der Waals surface area contributed by atoms with Crippen LogP contribution in [0.2, 0.25) is 5.02 Å². The van der Waals surface area contributed by atoms with E-state index < -0.39 is 20.0 Å². The second-order valence-corrected chi connectivity index (χ2v) is 10.8. The lowest BCUT2D eigenvalue weighted by atomic mass is 10.2. The van der Waals surface area contributed by atoms with Gasteiger partial charge in [0.25, 0.3) is 0 Å². The third-order valence-corrected chi connectivity index (χ3v) is 8.14. The highest BCUT2D eigenvalue weighted by atomic mass is 35.5. The molecule has 0 aliphatic carbocycles. The number of benzene rings is 2. The Labute approximate surface area is 176 Å². The van der Waals surface area contributed by atoms with Crippen LogP contribution in [-0.4, -0.2) is 47.4 Å². The molecule has 0 amide bonds. The summed E-state index contributed by atoms with van der Waals surface area (Å²) in [6.45, 7) is 1.30. The molecule has 1 heterocycles. The van der Waals surface area contributed by atoms with E-state index in [0.717, 1.165) is 12.8 Å². The number of hydrogen-bond donors (Lipinski definition) is 1. The average Bonchev–Trinajstić information content (AvgIpc) is 3.23. The second-order valence-electron chi connectivity index (χ2n) is 6.68. The lowest BCUT2D eigenvalue weighted by molar-refractivity contribution is 0.322. The minimum absolute atomic E-state index is 0.0839. The van der Waals surface area contributed by atoms with E-state index in [1.807, 2.05) is 0 Å². The van der Waals surface area contributed by atoms with E-state index in [0.29, 0.717) is 29.4 Å². The molecule has 7 nitrogen and oxygen atoms in total. The molecule has 0 aromatic heterocycles. The summed E-state index contributed by atoms with van der Waals surface area (Å²) in [6, 6.07) is 12.9. The van der Waals surface area contributed by atoms with Gasteiger partial charge in [-0.1, -0.05) is 29.8 Å². The Bertz CT molecular complexity index is 1030. The summed E-state index contributed by atoms with van der Waals surface area (Å²) >= 11 is 6.00. The maximum Gasteiger partial charge on any atom is 0.243 e. The van der Waals surface area contributed by atoms with Crippen molar-refractivity contribution in [1.29, 1.82) is 0 Å². The molecule has 29 heavy (non-hydrogen) atoms. The standard InChI is InChI=1S/C19H23ClN2O5S2/c20-19-6-2-1-5-16(19)15-28(23,24)21-11-14-27-17-7-9-18(10-8-17)29(25,26)22-12-3-4-13-22/h1-2,5-10,21H,3-4,11-15H2. The van der Waals surface area contributed by atoms with Crippen molar-refractivity contribution in [3.05, 3.63) is 59.1 Å². The molecule has 1 aliphatic rings. The van der Waals surface area contributed by atoms with Crippen LogP contribution in [0.5, 0.6) is 5.75 Å². The van der Waals surface area contributed by atoms with Crippen LogP contribution in [0.25, 0.3) is 0 Å². The van der Waals surface area contributed by atoms with Crippen molar-refractivity contribution >= 4 is 31.6 Å². The number of rotatable bonds is 9. The predicted octanol–water partition coefficient (Wildman–Crippen LogP) is 2.62. The van der Waals surface area contributed by atoms with Gasteiger partial charge in [-0.15, -0.1) is 0 Å². The zero-order chi connectivity index (χ0) is 20.9. The summed E-state index contributed by atoms with van der Waals surface area (Å²) in [4.78, 5) is 0.229. The third-order valence-electron chi connectivity index (χ3n) is 4.52. The minimum Gasteiger partial charge on any atom is -0.492 e. The summed E-state index contributed by atoms with van der Waals surface area (Å²) < 4.78 is 58.7. The zero-order valence-corrected chi connectivity index (χ0v) is 18.1. The third kappa shape index (κ3) is 5.93. The number of sulfonamides is 2. The fourth-order valence-corrected chi connectivity index (χ4v) is 5.98. The summed E-state index contributed by atoms with van der Waals surface area (Å²) in [6.07, 6.45) is 1.76. The SMILES string of the molecule is O=S(=O)(Cc1ccccc1Cl)NCCOc1ccc(S(=O)(=O)N2CCCC2)cc1. The Kier molecular flexibility index (Phi) is 7.18. The molecule has 1 saturated heterocycles. The van der Waals surface area contributed by atoms with E-state index in [2.05, 4.69) is 4.72 Å². The van der Waals surface area contributed by atoms with Gasteiger partial charge in [-0.25, -0.2) is 21.6 Å². The molecular weight excluding hydrogens is 436 g/mol. The number of ether oxygens (including phenoxy) is 1. The van der Waals surface area contributed by atoms with Crippen molar-refractivity contribution in [2.75, 3.05) is 26.2 Å². The normalized spacial score (nSPS) is 15.5. The highest BCUT2D eigenvalue weighted by molar-refractivity contribution is 7.89. The largest absolute Gasteiger partial charge is 0.492 e. The van der Waals surface area contributed by atoms with Gasteiger partial charge >= 0.3 is 0 Å². The van der Waals surface area contributed by atoms with Gasteiger partial charge in [0.15, 0.2) is 0 Å². The Morgan fingerprint density at radius 2 is 1.62 bits per heavy atom. The zero-order valence-electron chi connectivity index (χ0n) is 15.8. The number of nitrogens with zero attached hydrogens (tertiary/aromatic N) is 1. The van der Waals surface area contributed by atoms with Crippen molar-refractivity contribution in [3.63, 3.8) is 0 Å². The number of nitrogens with one attached hydrogen (secondary N) is 1. The molecule has 1 fully saturated rings. The van der Waals surface area contributed by atoms with Crippen molar-refractivity contribution in [3.8, 4) is 5.75 Å². The van der Waals surface area contributed by atoms with E-state index in [4.69, 9.17) is 16.3 Å². The maximum atomic E-state index is 12.5. The molecule has 0 unspecified atom stereocenters. The van der Waals surface area contributed by atoms with E-state index in [1.165, 1.54) is 16.4 Å². The van der Waals surface area contributed by atoms with Gasteiger partial charge in [0.1, 0.15) is 12.4 Å². The molecular formula is C19H23ClN2O5S2. The van der Waals surface area contributed by atoms with Crippen molar-refractivity contribution in [2.24, 2.45) is 0 Å². The van der Waals surface area contributed by atoms with Gasteiger partial charge in [0.05, 0.1) is 10.6 Å². The van der Waals surface area contributed by atoms with Gasteiger partial charge < -0.3 is 4.74 Å². The maximum absolute atomic E-state index is 12.5. The van der Waals surface area contributed by atoms with Crippen LogP contribution >= 0.6 is 11.6 Å². The summed E-state index contributed by atoms with van der Waals surface area (Å²) in [5.41, 5.74) is 0.525. The van der Waals surface area contributed by atoms with Crippen LogP contribution in [-0.2, 0) is 25.8 Å². The highest BCUT2D eigenvalue weighted by Gasteiger charge is 2.26. The van der Waals surface area contributed by atoms with Crippen LogP contribution in [0.1, 0.15) is 18.4 Å². The lowest BCUT2D eigenvalue weighted by Gasteiger charge is -2.15. The molecule has 1 aliphatic heterocycles. The molecule has 1 N–H and O–H groups in total. The topological polar surface area (TPSA) is 92.8 Å². The predicted molar refractivity (Wildman–Crippen MR) is 112 cm³/mol. The molecule has 2 aromatic rings. The van der Waals surface area contributed by atoms with Gasteiger partial charge in [0, 0.05) is 24.7 Å². The first-order valence-corrected chi connectivity index (χ1v) is 12.7. The molecule has 0 atom stereocenters. The smallest absolute Gasteiger partial charge is 0.243 e.